The predicted octanol–water partition coefficient (Wildman–Crippen LogP) is 5.58. The van der Waals surface area contributed by atoms with Crippen molar-refractivity contribution >= 4 is 40.6 Å². The Labute approximate surface area is 190 Å². The molecule has 0 saturated carbocycles. The first kappa shape index (κ1) is 23.0. The van der Waals surface area contributed by atoms with Crippen LogP contribution in [0.5, 0.6) is 0 Å². The summed E-state index contributed by atoms with van der Waals surface area (Å²) in [5.74, 6) is -0.480. The quantitative estimate of drug-likeness (QED) is 0.278. The third kappa shape index (κ3) is 5.95. The largest absolute Gasteiger partial charge is 0.325 e. The van der Waals surface area contributed by atoms with E-state index < -0.39 is 4.92 Å². The van der Waals surface area contributed by atoms with E-state index in [0.717, 1.165) is 21.7 Å². The number of amides is 2. The molecule has 8 heteroatoms. The maximum atomic E-state index is 12.7. The van der Waals surface area contributed by atoms with Crippen LogP contribution in [0.1, 0.15) is 28.4 Å². The summed E-state index contributed by atoms with van der Waals surface area (Å²) >= 11 is 1.38. The fourth-order valence-corrected chi connectivity index (χ4v) is 3.87. The molecular formula is C24H23N3O4S. The van der Waals surface area contributed by atoms with Crippen molar-refractivity contribution in [3.05, 3.63) is 93.5 Å². The average Bonchev–Trinajstić information content (AvgIpc) is 2.76. The molecular weight excluding hydrogens is 426 g/mol. The van der Waals surface area contributed by atoms with Gasteiger partial charge in [-0.3, -0.25) is 19.7 Å². The van der Waals surface area contributed by atoms with Crippen molar-refractivity contribution in [3.63, 3.8) is 0 Å². The number of aryl methyl sites for hydroxylation is 2. The molecule has 0 spiro atoms. The minimum Gasteiger partial charge on any atom is -0.325 e. The van der Waals surface area contributed by atoms with Gasteiger partial charge in [0.05, 0.1) is 10.2 Å². The summed E-state index contributed by atoms with van der Waals surface area (Å²) in [6.07, 6.45) is 0. The molecule has 0 aliphatic rings. The molecule has 7 nitrogen and oxygen atoms in total. The Morgan fingerprint density at radius 3 is 2.38 bits per heavy atom. The number of carbonyl (C=O) groups excluding carboxylic acids is 2. The number of nitro groups is 1. The van der Waals surface area contributed by atoms with Gasteiger partial charge in [0.2, 0.25) is 5.91 Å². The van der Waals surface area contributed by atoms with E-state index >= 15 is 0 Å². The molecule has 3 aromatic carbocycles. The van der Waals surface area contributed by atoms with Gasteiger partial charge in [0.25, 0.3) is 11.6 Å². The van der Waals surface area contributed by atoms with Crippen molar-refractivity contribution in [2.45, 2.75) is 30.9 Å². The van der Waals surface area contributed by atoms with Crippen LogP contribution in [0.2, 0.25) is 0 Å². The Kier molecular flexibility index (Phi) is 7.27. The highest BCUT2D eigenvalue weighted by Crippen LogP contribution is 2.27. The van der Waals surface area contributed by atoms with Gasteiger partial charge < -0.3 is 10.6 Å². The molecule has 3 rings (SSSR count). The van der Waals surface area contributed by atoms with E-state index in [4.69, 9.17) is 0 Å². The second-order valence-corrected chi connectivity index (χ2v) is 8.77. The average molecular weight is 450 g/mol. The van der Waals surface area contributed by atoms with Gasteiger partial charge in [0.15, 0.2) is 0 Å². The molecule has 0 aliphatic carbocycles. The number of rotatable bonds is 7. The van der Waals surface area contributed by atoms with E-state index in [1.54, 1.807) is 18.2 Å². The van der Waals surface area contributed by atoms with Crippen LogP contribution in [-0.2, 0) is 4.79 Å². The van der Waals surface area contributed by atoms with Gasteiger partial charge >= 0.3 is 0 Å². The van der Waals surface area contributed by atoms with E-state index in [9.17, 15) is 19.7 Å². The van der Waals surface area contributed by atoms with E-state index in [1.807, 2.05) is 45.0 Å². The van der Waals surface area contributed by atoms with E-state index in [1.165, 1.54) is 36.0 Å². The minimum atomic E-state index is -0.514. The highest BCUT2D eigenvalue weighted by atomic mass is 32.2. The van der Waals surface area contributed by atoms with Gasteiger partial charge in [-0.25, -0.2) is 0 Å². The Bertz CT molecular complexity index is 1160. The Morgan fingerprint density at radius 1 is 0.969 bits per heavy atom. The van der Waals surface area contributed by atoms with Crippen molar-refractivity contribution in [2.75, 3.05) is 10.6 Å². The molecule has 0 saturated heterocycles. The summed E-state index contributed by atoms with van der Waals surface area (Å²) in [4.78, 5) is 36.2. The zero-order valence-corrected chi connectivity index (χ0v) is 18.7. The minimum absolute atomic E-state index is 0.0759. The number of carbonyl (C=O) groups is 2. The maximum absolute atomic E-state index is 12.7. The lowest BCUT2D eigenvalue weighted by molar-refractivity contribution is -0.384. The predicted molar refractivity (Wildman–Crippen MR) is 127 cm³/mol. The second-order valence-electron chi connectivity index (χ2n) is 7.35. The van der Waals surface area contributed by atoms with Crippen molar-refractivity contribution < 1.29 is 14.5 Å². The molecule has 1 atom stereocenters. The van der Waals surface area contributed by atoms with Crippen LogP contribution >= 0.6 is 11.8 Å². The first-order valence-corrected chi connectivity index (χ1v) is 10.8. The Balaban J connectivity index is 1.63. The molecule has 32 heavy (non-hydrogen) atoms. The number of nitro benzene ring substituents is 1. The van der Waals surface area contributed by atoms with Gasteiger partial charge in [-0.2, -0.15) is 0 Å². The second kappa shape index (κ2) is 10.1. The van der Waals surface area contributed by atoms with Gasteiger partial charge in [0, 0.05) is 34.0 Å². The highest BCUT2D eigenvalue weighted by molar-refractivity contribution is 8.00. The van der Waals surface area contributed by atoms with Crippen molar-refractivity contribution in [3.8, 4) is 0 Å². The van der Waals surface area contributed by atoms with Crippen molar-refractivity contribution in [1.29, 1.82) is 0 Å². The monoisotopic (exact) mass is 449 g/mol. The number of hydrogen-bond donors (Lipinski definition) is 2. The molecule has 1 unspecified atom stereocenters. The summed E-state index contributed by atoms with van der Waals surface area (Å²) in [5, 5.41) is 16.2. The number of benzene rings is 3. The Morgan fingerprint density at radius 2 is 1.69 bits per heavy atom. The summed E-state index contributed by atoms with van der Waals surface area (Å²) in [5.41, 5.74) is 3.68. The molecule has 0 fully saturated rings. The zero-order valence-electron chi connectivity index (χ0n) is 17.9. The van der Waals surface area contributed by atoms with Crippen LogP contribution < -0.4 is 10.6 Å². The van der Waals surface area contributed by atoms with Crippen molar-refractivity contribution in [1.82, 2.24) is 0 Å². The summed E-state index contributed by atoms with van der Waals surface area (Å²) in [6, 6.07) is 18.5. The van der Waals surface area contributed by atoms with E-state index in [0.29, 0.717) is 11.3 Å². The molecule has 2 N–H and O–H groups in total. The summed E-state index contributed by atoms with van der Waals surface area (Å²) in [7, 11) is 0. The molecule has 0 bridgehead atoms. The lowest BCUT2D eigenvalue weighted by atomic mass is 10.1. The summed E-state index contributed by atoms with van der Waals surface area (Å²) < 4.78 is 0. The molecule has 0 aromatic heterocycles. The molecule has 2 amide bonds. The number of anilines is 2. The van der Waals surface area contributed by atoms with E-state index in [-0.39, 0.29) is 22.8 Å². The number of non-ortho nitro benzene ring substituents is 1. The van der Waals surface area contributed by atoms with Crippen LogP contribution in [0.3, 0.4) is 0 Å². The van der Waals surface area contributed by atoms with Gasteiger partial charge in [-0.05, 0) is 68.3 Å². The highest BCUT2D eigenvalue weighted by Gasteiger charge is 2.16. The fourth-order valence-electron chi connectivity index (χ4n) is 2.95. The molecule has 0 radical (unpaired) electrons. The van der Waals surface area contributed by atoms with Crippen LogP contribution in [0.15, 0.2) is 71.6 Å². The first-order chi connectivity index (χ1) is 15.2. The molecule has 3 aromatic rings. The lowest BCUT2D eigenvalue weighted by Gasteiger charge is -2.15. The van der Waals surface area contributed by atoms with Crippen LogP contribution in [0.25, 0.3) is 0 Å². The third-order valence-electron chi connectivity index (χ3n) is 4.77. The Hall–Kier alpha value is -3.65. The smallest absolute Gasteiger partial charge is 0.269 e. The van der Waals surface area contributed by atoms with E-state index in [2.05, 4.69) is 10.6 Å². The molecule has 164 valence electrons. The van der Waals surface area contributed by atoms with Crippen LogP contribution in [0.4, 0.5) is 17.1 Å². The third-order valence-corrected chi connectivity index (χ3v) is 5.86. The SMILES string of the molecule is Cc1ccc(C)c(NC(=O)C(C)Sc2cccc(NC(=O)c3ccc([N+](=O)[O-])cc3)c2)c1. The topological polar surface area (TPSA) is 101 Å². The standard InChI is InChI=1S/C24H23N3O4S/c1-15-7-8-16(2)22(13-15)26-23(28)17(3)32-21-6-4-5-19(14-21)25-24(29)18-9-11-20(12-10-18)27(30)31/h4-14,17H,1-3H3,(H,25,29)(H,26,28). The number of nitrogens with zero attached hydrogens (tertiary/aromatic N) is 1. The number of nitrogens with one attached hydrogen (secondary N) is 2. The first-order valence-electron chi connectivity index (χ1n) is 9.93. The fraction of sp³-hybridized carbons (Fsp3) is 0.167. The van der Waals surface area contributed by atoms with Gasteiger partial charge in [-0.1, -0.05) is 18.2 Å². The lowest BCUT2D eigenvalue weighted by Crippen LogP contribution is -2.22. The maximum Gasteiger partial charge on any atom is 0.269 e. The van der Waals surface area contributed by atoms with Crippen molar-refractivity contribution in [2.24, 2.45) is 0 Å². The summed E-state index contributed by atoms with van der Waals surface area (Å²) in [6.45, 7) is 5.75. The van der Waals surface area contributed by atoms with Crippen LogP contribution in [0, 0.1) is 24.0 Å². The normalized spacial score (nSPS) is 11.5. The number of hydrogen-bond acceptors (Lipinski definition) is 5. The van der Waals surface area contributed by atoms with Gasteiger partial charge in [-0.15, -0.1) is 11.8 Å². The number of thioether (sulfide) groups is 1. The molecule has 0 heterocycles. The zero-order chi connectivity index (χ0) is 23.3. The molecule has 0 aliphatic heterocycles. The van der Waals surface area contributed by atoms with Gasteiger partial charge in [0.1, 0.15) is 0 Å². The van der Waals surface area contributed by atoms with Crippen LogP contribution in [-0.4, -0.2) is 22.0 Å².